The molecule has 0 aliphatic carbocycles. The number of nitrogens with zero attached hydrogens (tertiary/aromatic N) is 3. The van der Waals surface area contributed by atoms with E-state index < -0.39 is 0 Å². The Morgan fingerprint density at radius 2 is 1.60 bits per heavy atom. The van der Waals surface area contributed by atoms with Gasteiger partial charge in [-0.1, -0.05) is 47.6 Å². The van der Waals surface area contributed by atoms with Crippen LogP contribution in [0.25, 0.3) is 11.4 Å². The fourth-order valence-electron chi connectivity index (χ4n) is 2.56. The Kier molecular flexibility index (Phi) is 3.49. The summed E-state index contributed by atoms with van der Waals surface area (Å²) in [5, 5.41) is 4.80. The van der Waals surface area contributed by atoms with Gasteiger partial charge in [-0.3, -0.25) is 9.67 Å². The summed E-state index contributed by atoms with van der Waals surface area (Å²) in [6.07, 6.45) is 1.84. The van der Waals surface area contributed by atoms with E-state index in [-0.39, 0.29) is 10.8 Å². The van der Waals surface area contributed by atoms with Gasteiger partial charge in [0.1, 0.15) is 0 Å². The van der Waals surface area contributed by atoms with E-state index in [4.69, 9.17) is 5.10 Å². The molecule has 0 N–H and O–H groups in total. The number of rotatable bonds is 1. The zero-order chi connectivity index (χ0) is 15.1. The maximum Gasteiger partial charge on any atom is 0.0903 e. The van der Waals surface area contributed by atoms with Crippen LogP contribution in [0, 0.1) is 0 Å². The third kappa shape index (κ3) is 2.62. The summed E-state index contributed by atoms with van der Waals surface area (Å²) >= 11 is 0. The van der Waals surface area contributed by atoms with E-state index in [1.165, 1.54) is 5.56 Å². The van der Waals surface area contributed by atoms with Crippen LogP contribution in [-0.2, 0) is 17.9 Å². The second-order valence-corrected chi connectivity index (χ2v) is 7.41. The van der Waals surface area contributed by atoms with Crippen molar-refractivity contribution in [2.45, 2.75) is 52.4 Å². The van der Waals surface area contributed by atoms with Crippen LogP contribution in [0.2, 0.25) is 0 Å². The van der Waals surface area contributed by atoms with Crippen molar-refractivity contribution < 1.29 is 0 Å². The van der Waals surface area contributed by atoms with Gasteiger partial charge in [-0.15, -0.1) is 0 Å². The molecule has 0 spiro atoms. The van der Waals surface area contributed by atoms with Crippen molar-refractivity contribution in [1.29, 1.82) is 0 Å². The minimum absolute atomic E-state index is 0.0212. The minimum Gasteiger partial charge on any atom is -0.266 e. The summed E-state index contributed by atoms with van der Waals surface area (Å²) in [7, 11) is 2.01. The van der Waals surface area contributed by atoms with Crippen molar-refractivity contribution in [2.75, 3.05) is 0 Å². The van der Waals surface area contributed by atoms with Gasteiger partial charge in [0, 0.05) is 24.2 Å². The Morgan fingerprint density at radius 1 is 0.950 bits per heavy atom. The van der Waals surface area contributed by atoms with Gasteiger partial charge in [-0.05, 0) is 17.5 Å². The van der Waals surface area contributed by atoms with E-state index in [0.717, 1.165) is 17.1 Å². The van der Waals surface area contributed by atoms with Gasteiger partial charge < -0.3 is 0 Å². The predicted octanol–water partition coefficient (Wildman–Crippen LogP) is 4.08. The molecule has 3 nitrogen and oxygen atoms in total. The highest BCUT2D eigenvalue weighted by molar-refractivity contribution is 5.63. The van der Waals surface area contributed by atoms with Crippen LogP contribution in [0.5, 0.6) is 0 Å². The fourth-order valence-corrected chi connectivity index (χ4v) is 2.56. The standard InChI is InChI=1S/C17H25N3/c1-16(2,3)13-14(12-10-8-9-11-18-12)20(7)19-15(13)17(4,5)6/h8-11H,1-7H3. The van der Waals surface area contributed by atoms with Crippen LogP contribution in [0.1, 0.15) is 52.8 Å². The summed E-state index contributed by atoms with van der Waals surface area (Å²) in [5.41, 5.74) is 4.63. The quantitative estimate of drug-likeness (QED) is 0.782. The van der Waals surface area contributed by atoms with E-state index in [1.54, 1.807) is 0 Å². The Labute approximate surface area is 122 Å². The Hall–Kier alpha value is -1.64. The number of aryl methyl sites for hydroxylation is 1. The highest BCUT2D eigenvalue weighted by Gasteiger charge is 2.33. The van der Waals surface area contributed by atoms with Crippen molar-refractivity contribution in [3.8, 4) is 11.4 Å². The molecule has 0 aliphatic heterocycles. The summed E-state index contributed by atoms with van der Waals surface area (Å²) in [6, 6.07) is 6.03. The molecule has 2 rings (SSSR count). The smallest absolute Gasteiger partial charge is 0.0903 e. The molecule has 2 heterocycles. The highest BCUT2D eigenvalue weighted by Crippen LogP contribution is 2.39. The molecule has 0 bridgehead atoms. The number of pyridine rings is 1. The first-order valence-electron chi connectivity index (χ1n) is 7.11. The Bertz CT molecular complexity index is 596. The highest BCUT2D eigenvalue weighted by atomic mass is 15.3. The van der Waals surface area contributed by atoms with E-state index in [9.17, 15) is 0 Å². The van der Waals surface area contributed by atoms with E-state index in [2.05, 4.69) is 52.6 Å². The summed E-state index contributed by atoms with van der Waals surface area (Å²) in [4.78, 5) is 4.52. The maximum absolute atomic E-state index is 4.80. The van der Waals surface area contributed by atoms with Crippen molar-refractivity contribution in [1.82, 2.24) is 14.8 Å². The second kappa shape index (κ2) is 4.72. The summed E-state index contributed by atoms with van der Waals surface area (Å²) in [5.74, 6) is 0. The van der Waals surface area contributed by atoms with Crippen molar-refractivity contribution in [2.24, 2.45) is 7.05 Å². The molecule has 0 saturated carbocycles. The molecule has 0 aromatic carbocycles. The SMILES string of the molecule is Cn1nc(C(C)(C)C)c(C(C)(C)C)c1-c1ccccn1. The van der Waals surface area contributed by atoms with Crippen LogP contribution in [0.4, 0.5) is 0 Å². The van der Waals surface area contributed by atoms with Gasteiger partial charge in [-0.2, -0.15) is 5.10 Å². The van der Waals surface area contributed by atoms with Crippen molar-refractivity contribution in [3.63, 3.8) is 0 Å². The van der Waals surface area contributed by atoms with Crippen LogP contribution in [0.15, 0.2) is 24.4 Å². The minimum atomic E-state index is 0.0212. The van der Waals surface area contributed by atoms with E-state index in [0.29, 0.717) is 0 Å². The van der Waals surface area contributed by atoms with Gasteiger partial charge in [-0.25, -0.2) is 0 Å². The second-order valence-electron chi connectivity index (χ2n) is 7.41. The predicted molar refractivity (Wildman–Crippen MR) is 83.8 cm³/mol. The zero-order valence-corrected chi connectivity index (χ0v) is 13.7. The molecule has 0 amide bonds. The molecule has 108 valence electrons. The largest absolute Gasteiger partial charge is 0.266 e. The molecule has 0 fully saturated rings. The average Bonchev–Trinajstić information content (AvgIpc) is 2.67. The lowest BCUT2D eigenvalue weighted by atomic mass is 9.78. The van der Waals surface area contributed by atoms with Gasteiger partial charge >= 0.3 is 0 Å². The Morgan fingerprint density at radius 3 is 2.05 bits per heavy atom. The molecule has 2 aromatic heterocycles. The lowest BCUT2D eigenvalue weighted by Crippen LogP contribution is -2.21. The molecule has 0 unspecified atom stereocenters. The first-order valence-corrected chi connectivity index (χ1v) is 7.11. The number of hydrogen-bond donors (Lipinski definition) is 0. The molecule has 0 radical (unpaired) electrons. The van der Waals surface area contributed by atoms with Gasteiger partial charge in [0.2, 0.25) is 0 Å². The first-order chi connectivity index (χ1) is 9.12. The summed E-state index contributed by atoms with van der Waals surface area (Å²) in [6.45, 7) is 13.4. The van der Waals surface area contributed by atoms with Gasteiger partial charge in [0.25, 0.3) is 0 Å². The van der Waals surface area contributed by atoms with Crippen LogP contribution < -0.4 is 0 Å². The maximum atomic E-state index is 4.80. The normalized spacial score (nSPS) is 12.8. The molecular weight excluding hydrogens is 246 g/mol. The lowest BCUT2D eigenvalue weighted by Gasteiger charge is -2.26. The first kappa shape index (κ1) is 14.8. The van der Waals surface area contributed by atoms with Gasteiger partial charge in [0.15, 0.2) is 0 Å². The average molecular weight is 271 g/mol. The number of aromatic nitrogens is 3. The fraction of sp³-hybridized carbons (Fsp3) is 0.529. The topological polar surface area (TPSA) is 30.7 Å². The zero-order valence-electron chi connectivity index (χ0n) is 13.7. The Balaban J connectivity index is 2.79. The van der Waals surface area contributed by atoms with Crippen LogP contribution in [0.3, 0.4) is 0 Å². The lowest BCUT2D eigenvalue weighted by molar-refractivity contribution is 0.517. The van der Waals surface area contributed by atoms with Crippen molar-refractivity contribution in [3.05, 3.63) is 35.7 Å². The van der Waals surface area contributed by atoms with E-state index in [1.807, 2.05) is 30.1 Å². The van der Waals surface area contributed by atoms with Crippen LogP contribution >= 0.6 is 0 Å². The monoisotopic (exact) mass is 271 g/mol. The van der Waals surface area contributed by atoms with Gasteiger partial charge in [0.05, 0.1) is 17.1 Å². The third-order valence-corrected chi connectivity index (χ3v) is 3.42. The number of hydrogen-bond acceptors (Lipinski definition) is 2. The molecule has 3 heteroatoms. The summed E-state index contributed by atoms with van der Waals surface area (Å²) < 4.78 is 1.98. The molecule has 0 saturated heterocycles. The van der Waals surface area contributed by atoms with E-state index >= 15 is 0 Å². The molecule has 2 aromatic rings. The molecule has 20 heavy (non-hydrogen) atoms. The van der Waals surface area contributed by atoms with Crippen LogP contribution in [-0.4, -0.2) is 14.8 Å². The molecule has 0 aliphatic rings. The third-order valence-electron chi connectivity index (χ3n) is 3.42. The van der Waals surface area contributed by atoms with Crippen molar-refractivity contribution >= 4 is 0 Å². The molecule has 0 atom stereocenters. The molecular formula is C17H25N3.